The Morgan fingerprint density at radius 1 is 0.529 bits per heavy atom. The third-order valence-electron chi connectivity index (χ3n) is 3.58. The maximum atomic E-state index is 2.57. The van der Waals surface area contributed by atoms with Gasteiger partial charge in [-0.1, -0.05) is 40.5 Å². The van der Waals surface area contributed by atoms with E-state index in [2.05, 4.69) is 37.5 Å². The summed E-state index contributed by atoms with van der Waals surface area (Å²) in [5.41, 5.74) is 0. The van der Waals surface area contributed by atoms with Gasteiger partial charge in [0, 0.05) is 0 Å². The fraction of sp³-hybridized carbons (Fsp3) is 1.00. The Bertz CT molecular complexity index is 144. The van der Waals surface area contributed by atoms with E-state index in [1.807, 2.05) is 0 Å². The number of rotatable bonds is 12. The molecule has 0 spiro atoms. The van der Waals surface area contributed by atoms with Crippen molar-refractivity contribution in [2.24, 2.45) is 0 Å². The van der Waals surface area contributed by atoms with Gasteiger partial charge < -0.3 is 9.80 Å². The zero-order valence-electron chi connectivity index (χ0n) is 12.7. The highest BCUT2D eigenvalue weighted by molar-refractivity contribution is 4.56. The van der Waals surface area contributed by atoms with Gasteiger partial charge in [0.05, 0.1) is 0 Å². The summed E-state index contributed by atoms with van der Waals surface area (Å²) >= 11 is 0. The third-order valence-corrected chi connectivity index (χ3v) is 3.58. The molecule has 0 amide bonds. The molecule has 2 nitrogen and oxygen atoms in total. The van der Waals surface area contributed by atoms with Gasteiger partial charge in [0.2, 0.25) is 0 Å². The molecule has 0 unspecified atom stereocenters. The van der Waals surface area contributed by atoms with Crippen LogP contribution in [0.1, 0.15) is 59.8 Å². The number of unbranched alkanes of at least 4 members (excludes halogenated alkanes) is 3. The van der Waals surface area contributed by atoms with Gasteiger partial charge in [0.1, 0.15) is 0 Å². The summed E-state index contributed by atoms with van der Waals surface area (Å²) in [5, 5.41) is 0. The molecule has 0 aliphatic carbocycles. The van der Waals surface area contributed by atoms with Gasteiger partial charge in [-0.2, -0.15) is 0 Å². The molecule has 0 fully saturated rings. The average molecular weight is 242 g/mol. The molecule has 0 bridgehead atoms. The molecular formula is C15H34N2. The second-order valence-electron chi connectivity index (χ2n) is 4.88. The van der Waals surface area contributed by atoms with Crippen LogP contribution in [0.5, 0.6) is 0 Å². The van der Waals surface area contributed by atoms with E-state index < -0.39 is 0 Å². The zero-order chi connectivity index (χ0) is 12.9. The lowest BCUT2D eigenvalue weighted by Gasteiger charge is -2.20. The van der Waals surface area contributed by atoms with E-state index in [4.69, 9.17) is 0 Å². The van der Waals surface area contributed by atoms with Crippen LogP contribution in [-0.4, -0.2) is 49.1 Å². The normalized spacial score (nSPS) is 11.6. The molecule has 0 saturated heterocycles. The lowest BCUT2D eigenvalue weighted by Crippen LogP contribution is -2.25. The molecular weight excluding hydrogens is 208 g/mol. The van der Waals surface area contributed by atoms with Crippen molar-refractivity contribution in [2.45, 2.75) is 59.8 Å². The highest BCUT2D eigenvalue weighted by Gasteiger charge is 2.01. The van der Waals surface area contributed by atoms with E-state index in [-0.39, 0.29) is 0 Å². The second kappa shape index (κ2) is 12.4. The SMILES string of the molecule is CCCN(CC)CCCCCCN(CC)CC. The smallest absolute Gasteiger partial charge is 0.00189 e. The molecule has 0 aromatic heterocycles. The minimum absolute atomic E-state index is 1.20. The fourth-order valence-corrected chi connectivity index (χ4v) is 2.31. The van der Waals surface area contributed by atoms with Gasteiger partial charge in [-0.05, 0) is 58.5 Å². The molecule has 104 valence electrons. The number of hydrogen-bond acceptors (Lipinski definition) is 2. The van der Waals surface area contributed by atoms with E-state index in [1.165, 1.54) is 71.4 Å². The quantitative estimate of drug-likeness (QED) is 0.482. The molecule has 0 atom stereocenters. The lowest BCUT2D eigenvalue weighted by atomic mass is 10.1. The first kappa shape index (κ1) is 16.9. The van der Waals surface area contributed by atoms with Crippen LogP contribution in [0.2, 0.25) is 0 Å². The van der Waals surface area contributed by atoms with Crippen LogP contribution in [0, 0.1) is 0 Å². The standard InChI is InChI=1S/C15H34N2/c1-5-13-17(8-4)15-12-10-9-11-14-16(6-2)7-3/h5-15H2,1-4H3. The predicted molar refractivity (Wildman–Crippen MR) is 78.7 cm³/mol. The summed E-state index contributed by atoms with van der Waals surface area (Å²) < 4.78 is 0. The van der Waals surface area contributed by atoms with Crippen molar-refractivity contribution in [3.05, 3.63) is 0 Å². The molecule has 2 heteroatoms. The Labute approximate surface area is 109 Å². The molecule has 0 N–H and O–H groups in total. The van der Waals surface area contributed by atoms with Crippen molar-refractivity contribution < 1.29 is 0 Å². The van der Waals surface area contributed by atoms with Gasteiger partial charge in [-0.25, -0.2) is 0 Å². The molecule has 0 aromatic carbocycles. The molecule has 0 rings (SSSR count). The summed E-state index contributed by atoms with van der Waals surface area (Å²) in [6, 6.07) is 0. The Morgan fingerprint density at radius 3 is 1.41 bits per heavy atom. The highest BCUT2D eigenvalue weighted by atomic mass is 15.1. The van der Waals surface area contributed by atoms with Crippen molar-refractivity contribution >= 4 is 0 Å². The summed E-state index contributed by atoms with van der Waals surface area (Å²) in [6.45, 7) is 16.6. The summed E-state index contributed by atoms with van der Waals surface area (Å²) in [5.74, 6) is 0. The first-order chi connectivity index (χ1) is 8.28. The minimum Gasteiger partial charge on any atom is -0.304 e. The summed E-state index contributed by atoms with van der Waals surface area (Å²) in [6.07, 6.45) is 6.85. The van der Waals surface area contributed by atoms with E-state index >= 15 is 0 Å². The Hall–Kier alpha value is -0.0800. The van der Waals surface area contributed by atoms with Crippen LogP contribution in [0.3, 0.4) is 0 Å². The van der Waals surface area contributed by atoms with Crippen LogP contribution >= 0.6 is 0 Å². The molecule has 0 aliphatic heterocycles. The van der Waals surface area contributed by atoms with Crippen molar-refractivity contribution in [1.82, 2.24) is 9.80 Å². The highest BCUT2D eigenvalue weighted by Crippen LogP contribution is 2.04. The molecule has 0 aliphatic rings. The molecule has 0 saturated carbocycles. The van der Waals surface area contributed by atoms with E-state index in [1.54, 1.807) is 0 Å². The fourth-order valence-electron chi connectivity index (χ4n) is 2.31. The lowest BCUT2D eigenvalue weighted by molar-refractivity contribution is 0.274. The van der Waals surface area contributed by atoms with Gasteiger partial charge in [-0.15, -0.1) is 0 Å². The van der Waals surface area contributed by atoms with Crippen LogP contribution in [-0.2, 0) is 0 Å². The van der Waals surface area contributed by atoms with Crippen LogP contribution in [0.25, 0.3) is 0 Å². The van der Waals surface area contributed by atoms with E-state index in [9.17, 15) is 0 Å². The van der Waals surface area contributed by atoms with Crippen molar-refractivity contribution in [3.8, 4) is 0 Å². The van der Waals surface area contributed by atoms with Crippen LogP contribution in [0.4, 0.5) is 0 Å². The Balaban J connectivity index is 3.33. The monoisotopic (exact) mass is 242 g/mol. The number of hydrogen-bond donors (Lipinski definition) is 0. The maximum Gasteiger partial charge on any atom is -0.00189 e. The first-order valence-electron chi connectivity index (χ1n) is 7.73. The van der Waals surface area contributed by atoms with Gasteiger partial charge in [0.15, 0.2) is 0 Å². The predicted octanol–water partition coefficient (Wildman–Crippen LogP) is 3.62. The minimum atomic E-state index is 1.20. The Kier molecular flexibility index (Phi) is 12.3. The third kappa shape index (κ3) is 9.61. The second-order valence-corrected chi connectivity index (χ2v) is 4.88. The van der Waals surface area contributed by atoms with Gasteiger partial charge >= 0.3 is 0 Å². The van der Waals surface area contributed by atoms with Gasteiger partial charge in [-0.3, -0.25) is 0 Å². The molecule has 0 aromatic rings. The average Bonchev–Trinajstić information content (AvgIpc) is 2.36. The van der Waals surface area contributed by atoms with E-state index in [0.29, 0.717) is 0 Å². The van der Waals surface area contributed by atoms with Crippen LogP contribution in [0.15, 0.2) is 0 Å². The number of nitrogens with zero attached hydrogens (tertiary/aromatic N) is 2. The summed E-state index contributed by atoms with van der Waals surface area (Å²) in [7, 11) is 0. The van der Waals surface area contributed by atoms with Crippen molar-refractivity contribution in [2.75, 3.05) is 39.3 Å². The van der Waals surface area contributed by atoms with Crippen molar-refractivity contribution in [1.29, 1.82) is 0 Å². The topological polar surface area (TPSA) is 6.48 Å². The van der Waals surface area contributed by atoms with E-state index in [0.717, 1.165) is 0 Å². The first-order valence-corrected chi connectivity index (χ1v) is 7.73. The molecule has 0 radical (unpaired) electrons. The zero-order valence-corrected chi connectivity index (χ0v) is 12.7. The summed E-state index contributed by atoms with van der Waals surface area (Å²) in [4.78, 5) is 5.10. The largest absolute Gasteiger partial charge is 0.304 e. The molecule has 0 heterocycles. The van der Waals surface area contributed by atoms with Crippen molar-refractivity contribution in [3.63, 3.8) is 0 Å². The van der Waals surface area contributed by atoms with Crippen LogP contribution < -0.4 is 0 Å². The maximum absolute atomic E-state index is 2.57. The van der Waals surface area contributed by atoms with Gasteiger partial charge in [0.25, 0.3) is 0 Å². The molecule has 17 heavy (non-hydrogen) atoms. The Morgan fingerprint density at radius 2 is 1.00 bits per heavy atom.